The minimum Gasteiger partial charge on any atom is -0.317 e. The molecule has 1 aliphatic heterocycles. The van der Waals surface area contributed by atoms with Crippen LogP contribution in [0.1, 0.15) is 30.0 Å². The number of hydrogen-bond acceptors (Lipinski definition) is 2. The van der Waals surface area contributed by atoms with E-state index in [2.05, 4.69) is 10.3 Å². The van der Waals surface area contributed by atoms with Crippen LogP contribution in [0.3, 0.4) is 0 Å². The Kier molecular flexibility index (Phi) is 4.42. The molecule has 2 amide bonds. The van der Waals surface area contributed by atoms with E-state index < -0.39 is 11.7 Å². The Morgan fingerprint density at radius 1 is 1.21 bits per heavy atom. The first-order chi connectivity index (χ1) is 11.4. The standard InChI is InChI=1S/C17H16F3N3O/c18-17(19,20)13-5-7-14(8-6-13)22-16(24)23-10-2-4-15(23)12-3-1-9-21-11-12/h1,3,5-9,11,15H,2,4,10H2,(H,22,24). The van der Waals surface area contributed by atoms with Crippen LogP contribution in [0.5, 0.6) is 0 Å². The quantitative estimate of drug-likeness (QED) is 0.880. The molecule has 126 valence electrons. The summed E-state index contributed by atoms with van der Waals surface area (Å²) in [7, 11) is 0. The highest BCUT2D eigenvalue weighted by Gasteiger charge is 2.31. The van der Waals surface area contributed by atoms with Crippen molar-refractivity contribution < 1.29 is 18.0 Å². The Hall–Kier alpha value is -2.57. The summed E-state index contributed by atoms with van der Waals surface area (Å²) in [6.07, 6.45) is 0.731. The van der Waals surface area contributed by atoms with Crippen molar-refractivity contribution in [2.24, 2.45) is 0 Å². The number of carbonyl (C=O) groups is 1. The molecule has 1 fully saturated rings. The zero-order chi connectivity index (χ0) is 17.2. The maximum absolute atomic E-state index is 12.6. The number of amides is 2. The number of alkyl halides is 3. The van der Waals surface area contributed by atoms with Crippen LogP contribution in [0.4, 0.5) is 23.7 Å². The van der Waals surface area contributed by atoms with Gasteiger partial charge in [0.1, 0.15) is 0 Å². The van der Waals surface area contributed by atoms with Crippen LogP contribution in [0, 0.1) is 0 Å². The third kappa shape index (κ3) is 3.50. The molecule has 2 heterocycles. The number of anilines is 1. The van der Waals surface area contributed by atoms with Gasteiger partial charge >= 0.3 is 12.2 Å². The topological polar surface area (TPSA) is 45.2 Å². The molecular weight excluding hydrogens is 319 g/mol. The fourth-order valence-electron chi connectivity index (χ4n) is 2.87. The summed E-state index contributed by atoms with van der Waals surface area (Å²) in [5, 5.41) is 2.66. The second-order valence-corrected chi connectivity index (χ2v) is 5.64. The maximum Gasteiger partial charge on any atom is 0.416 e. The fourth-order valence-corrected chi connectivity index (χ4v) is 2.87. The minimum absolute atomic E-state index is 0.0619. The van der Waals surface area contributed by atoms with E-state index in [0.717, 1.165) is 30.5 Å². The molecule has 0 bridgehead atoms. The average Bonchev–Trinajstić information content (AvgIpc) is 3.05. The van der Waals surface area contributed by atoms with Crippen molar-refractivity contribution >= 4 is 11.7 Å². The number of benzene rings is 1. The van der Waals surface area contributed by atoms with Crippen LogP contribution in [0.2, 0.25) is 0 Å². The van der Waals surface area contributed by atoms with E-state index in [0.29, 0.717) is 12.2 Å². The number of likely N-dealkylation sites (tertiary alicyclic amines) is 1. The highest BCUT2D eigenvalue weighted by molar-refractivity contribution is 5.89. The molecule has 1 aliphatic rings. The van der Waals surface area contributed by atoms with Gasteiger partial charge in [-0.1, -0.05) is 6.07 Å². The number of urea groups is 1. The summed E-state index contributed by atoms with van der Waals surface area (Å²) in [6, 6.07) is 7.79. The normalized spacial score (nSPS) is 17.8. The van der Waals surface area contributed by atoms with E-state index in [9.17, 15) is 18.0 Å². The predicted molar refractivity (Wildman–Crippen MR) is 83.4 cm³/mol. The van der Waals surface area contributed by atoms with Crippen molar-refractivity contribution in [1.82, 2.24) is 9.88 Å². The maximum atomic E-state index is 12.6. The monoisotopic (exact) mass is 335 g/mol. The predicted octanol–water partition coefficient (Wildman–Crippen LogP) is 4.47. The van der Waals surface area contributed by atoms with Crippen molar-refractivity contribution in [3.63, 3.8) is 0 Å². The smallest absolute Gasteiger partial charge is 0.317 e. The molecule has 24 heavy (non-hydrogen) atoms. The van der Waals surface area contributed by atoms with Gasteiger partial charge in [-0.3, -0.25) is 4.98 Å². The lowest BCUT2D eigenvalue weighted by atomic mass is 10.1. The number of nitrogens with one attached hydrogen (secondary N) is 1. The van der Waals surface area contributed by atoms with Gasteiger partial charge in [-0.05, 0) is 48.7 Å². The van der Waals surface area contributed by atoms with Crippen LogP contribution in [-0.4, -0.2) is 22.5 Å². The van der Waals surface area contributed by atoms with Gasteiger partial charge in [0.05, 0.1) is 11.6 Å². The Bertz CT molecular complexity index is 701. The number of nitrogens with zero attached hydrogens (tertiary/aromatic N) is 2. The lowest BCUT2D eigenvalue weighted by Crippen LogP contribution is -2.34. The zero-order valence-corrected chi connectivity index (χ0v) is 12.8. The van der Waals surface area contributed by atoms with Crippen LogP contribution in [-0.2, 0) is 6.18 Å². The average molecular weight is 335 g/mol. The molecule has 1 saturated heterocycles. The molecule has 1 N–H and O–H groups in total. The van der Waals surface area contributed by atoms with Gasteiger partial charge in [-0.15, -0.1) is 0 Å². The molecule has 4 nitrogen and oxygen atoms in total. The number of carbonyl (C=O) groups excluding carboxylic acids is 1. The second-order valence-electron chi connectivity index (χ2n) is 5.64. The third-order valence-electron chi connectivity index (χ3n) is 4.05. The Labute approximate surface area is 137 Å². The molecular formula is C17H16F3N3O. The molecule has 2 aromatic rings. The first-order valence-corrected chi connectivity index (χ1v) is 7.60. The van der Waals surface area contributed by atoms with E-state index in [1.54, 1.807) is 17.3 Å². The highest BCUT2D eigenvalue weighted by Crippen LogP contribution is 2.32. The largest absolute Gasteiger partial charge is 0.416 e. The Morgan fingerprint density at radius 3 is 2.58 bits per heavy atom. The fraction of sp³-hybridized carbons (Fsp3) is 0.294. The van der Waals surface area contributed by atoms with Crippen LogP contribution in [0.25, 0.3) is 0 Å². The molecule has 1 aromatic heterocycles. The van der Waals surface area contributed by atoms with Gasteiger partial charge in [0.15, 0.2) is 0 Å². The third-order valence-corrected chi connectivity index (χ3v) is 4.05. The molecule has 0 radical (unpaired) electrons. The van der Waals surface area contributed by atoms with E-state index in [1.807, 2.05) is 12.1 Å². The van der Waals surface area contributed by atoms with E-state index in [-0.39, 0.29) is 12.1 Å². The number of pyridine rings is 1. The summed E-state index contributed by atoms with van der Waals surface area (Å²) in [4.78, 5) is 18.2. The van der Waals surface area contributed by atoms with Gasteiger partial charge in [0.2, 0.25) is 0 Å². The molecule has 1 unspecified atom stereocenters. The Balaban J connectivity index is 1.70. The van der Waals surface area contributed by atoms with Crippen LogP contribution in [0.15, 0.2) is 48.8 Å². The van der Waals surface area contributed by atoms with Crippen molar-refractivity contribution in [3.05, 3.63) is 59.9 Å². The molecule has 3 rings (SSSR count). The van der Waals surface area contributed by atoms with Crippen molar-refractivity contribution in [2.45, 2.75) is 25.1 Å². The number of halogens is 3. The van der Waals surface area contributed by atoms with Gasteiger partial charge in [0, 0.05) is 24.6 Å². The van der Waals surface area contributed by atoms with Gasteiger partial charge < -0.3 is 10.2 Å². The Morgan fingerprint density at radius 2 is 1.96 bits per heavy atom. The van der Waals surface area contributed by atoms with Crippen LogP contribution >= 0.6 is 0 Å². The van der Waals surface area contributed by atoms with E-state index >= 15 is 0 Å². The molecule has 1 atom stereocenters. The van der Waals surface area contributed by atoms with E-state index in [4.69, 9.17) is 0 Å². The molecule has 0 spiro atoms. The summed E-state index contributed by atoms with van der Waals surface area (Å²) in [5.74, 6) is 0. The first kappa shape index (κ1) is 16.3. The second kappa shape index (κ2) is 6.51. The van der Waals surface area contributed by atoms with Crippen molar-refractivity contribution in [1.29, 1.82) is 0 Å². The summed E-state index contributed by atoms with van der Waals surface area (Å²) < 4.78 is 37.7. The summed E-state index contributed by atoms with van der Waals surface area (Å²) in [6.45, 7) is 0.603. The number of rotatable bonds is 2. The zero-order valence-electron chi connectivity index (χ0n) is 12.8. The SMILES string of the molecule is O=C(Nc1ccc(C(F)(F)F)cc1)N1CCCC1c1cccnc1. The van der Waals surface area contributed by atoms with E-state index in [1.165, 1.54) is 12.1 Å². The first-order valence-electron chi connectivity index (χ1n) is 7.60. The van der Waals surface area contributed by atoms with Crippen molar-refractivity contribution in [3.8, 4) is 0 Å². The van der Waals surface area contributed by atoms with Crippen molar-refractivity contribution in [2.75, 3.05) is 11.9 Å². The molecule has 0 saturated carbocycles. The minimum atomic E-state index is -4.39. The lowest BCUT2D eigenvalue weighted by molar-refractivity contribution is -0.137. The van der Waals surface area contributed by atoms with Crippen LogP contribution < -0.4 is 5.32 Å². The lowest BCUT2D eigenvalue weighted by Gasteiger charge is -2.25. The van der Waals surface area contributed by atoms with Gasteiger partial charge in [0.25, 0.3) is 0 Å². The highest BCUT2D eigenvalue weighted by atomic mass is 19.4. The molecule has 0 aliphatic carbocycles. The number of hydrogen-bond donors (Lipinski definition) is 1. The summed E-state index contributed by atoms with van der Waals surface area (Å²) >= 11 is 0. The number of aromatic nitrogens is 1. The van der Waals surface area contributed by atoms with Gasteiger partial charge in [-0.2, -0.15) is 13.2 Å². The molecule has 7 heteroatoms. The summed E-state index contributed by atoms with van der Waals surface area (Å²) in [5.41, 5.74) is 0.553. The van der Waals surface area contributed by atoms with Gasteiger partial charge in [-0.25, -0.2) is 4.79 Å². The molecule has 1 aromatic carbocycles.